The van der Waals surface area contributed by atoms with Crippen LogP contribution in [0.1, 0.15) is 58.8 Å². The molecule has 0 bridgehead atoms. The lowest BCUT2D eigenvalue weighted by Gasteiger charge is -2.40. The largest absolute Gasteiger partial charge is 0.379 e. The van der Waals surface area contributed by atoms with Crippen molar-refractivity contribution >= 4 is 5.91 Å². The minimum atomic E-state index is -0.637. The van der Waals surface area contributed by atoms with E-state index in [0.717, 1.165) is 64.8 Å². The third-order valence-electron chi connectivity index (χ3n) is 5.78. The first-order valence-corrected chi connectivity index (χ1v) is 9.49. The van der Waals surface area contributed by atoms with Gasteiger partial charge in [0.05, 0.1) is 18.8 Å². The Balaban J connectivity index is 1.95. The fourth-order valence-corrected chi connectivity index (χ4v) is 4.12. The summed E-state index contributed by atoms with van der Waals surface area (Å²) >= 11 is 0. The number of amides is 1. The highest BCUT2D eigenvalue weighted by molar-refractivity contribution is 5.86. The quantitative estimate of drug-likeness (QED) is 0.750. The van der Waals surface area contributed by atoms with Gasteiger partial charge in [0.25, 0.3) is 0 Å². The fraction of sp³-hybridized carbons (Fsp3) is 0.944. The van der Waals surface area contributed by atoms with Crippen molar-refractivity contribution in [1.29, 1.82) is 0 Å². The van der Waals surface area contributed by atoms with Gasteiger partial charge in [0.15, 0.2) is 0 Å². The van der Waals surface area contributed by atoms with Gasteiger partial charge >= 0.3 is 0 Å². The smallest absolute Gasteiger partial charge is 0.240 e. The van der Waals surface area contributed by atoms with E-state index in [1.165, 1.54) is 6.42 Å². The average Bonchev–Trinajstić information content (AvgIpc) is 2.59. The molecule has 134 valence electrons. The number of nitrogens with one attached hydrogen (secondary N) is 1. The maximum absolute atomic E-state index is 12.6. The van der Waals surface area contributed by atoms with Gasteiger partial charge in [0.2, 0.25) is 5.91 Å². The van der Waals surface area contributed by atoms with Crippen LogP contribution in [-0.2, 0) is 9.53 Å². The van der Waals surface area contributed by atoms with Gasteiger partial charge in [0.1, 0.15) is 0 Å². The first-order chi connectivity index (χ1) is 11.1. The van der Waals surface area contributed by atoms with Gasteiger partial charge in [-0.05, 0) is 18.8 Å². The average molecular weight is 325 g/mol. The third kappa shape index (κ3) is 4.91. The number of hydrogen-bond acceptors (Lipinski definition) is 4. The Hall–Kier alpha value is -0.650. The van der Waals surface area contributed by atoms with Crippen molar-refractivity contribution in [2.45, 2.75) is 70.4 Å². The van der Waals surface area contributed by atoms with Crippen molar-refractivity contribution in [2.24, 2.45) is 11.7 Å². The molecule has 0 aromatic heterocycles. The lowest BCUT2D eigenvalue weighted by atomic mass is 9.81. The van der Waals surface area contributed by atoms with Crippen LogP contribution in [0.15, 0.2) is 0 Å². The summed E-state index contributed by atoms with van der Waals surface area (Å²) in [5.41, 5.74) is 5.73. The molecule has 5 heteroatoms. The van der Waals surface area contributed by atoms with Gasteiger partial charge in [-0.25, -0.2) is 0 Å². The van der Waals surface area contributed by atoms with Crippen LogP contribution in [0.4, 0.5) is 0 Å². The molecule has 23 heavy (non-hydrogen) atoms. The molecule has 1 amide bonds. The van der Waals surface area contributed by atoms with Crippen molar-refractivity contribution in [2.75, 3.05) is 32.8 Å². The van der Waals surface area contributed by atoms with Gasteiger partial charge in [-0.15, -0.1) is 0 Å². The molecule has 1 heterocycles. The highest BCUT2D eigenvalue weighted by atomic mass is 16.5. The molecule has 3 N–H and O–H groups in total. The highest BCUT2D eigenvalue weighted by Crippen LogP contribution is 2.26. The van der Waals surface area contributed by atoms with E-state index in [1.54, 1.807) is 0 Å². The van der Waals surface area contributed by atoms with Crippen LogP contribution < -0.4 is 11.1 Å². The summed E-state index contributed by atoms with van der Waals surface area (Å²) < 4.78 is 5.48. The standard InChI is InChI=1S/C18H35N3O2/c1-3-15(4-2)16(21-10-12-23-13-11-21)14-20-17(22)18(19)8-6-5-7-9-18/h15-16H,3-14,19H2,1-2H3,(H,20,22). The minimum Gasteiger partial charge on any atom is -0.379 e. The molecule has 2 rings (SSSR count). The Kier molecular flexibility index (Phi) is 7.31. The summed E-state index contributed by atoms with van der Waals surface area (Å²) in [7, 11) is 0. The minimum absolute atomic E-state index is 0.0569. The van der Waals surface area contributed by atoms with E-state index in [0.29, 0.717) is 18.5 Å². The number of rotatable bonds is 7. The molecule has 1 saturated heterocycles. The van der Waals surface area contributed by atoms with Crippen LogP contribution in [0.2, 0.25) is 0 Å². The van der Waals surface area contributed by atoms with Gasteiger partial charge < -0.3 is 15.8 Å². The second-order valence-electron chi connectivity index (χ2n) is 7.22. The van der Waals surface area contributed by atoms with Crippen LogP contribution in [0.25, 0.3) is 0 Å². The lowest BCUT2D eigenvalue weighted by molar-refractivity contribution is -0.128. The zero-order valence-electron chi connectivity index (χ0n) is 15.0. The number of morpholine rings is 1. The maximum Gasteiger partial charge on any atom is 0.240 e. The molecule has 5 nitrogen and oxygen atoms in total. The summed E-state index contributed by atoms with van der Waals surface area (Å²) in [5, 5.41) is 3.19. The number of carbonyl (C=O) groups excluding carboxylic acids is 1. The molecule has 1 atom stereocenters. The van der Waals surface area contributed by atoms with Crippen molar-refractivity contribution in [3.8, 4) is 0 Å². The number of nitrogens with two attached hydrogens (primary N) is 1. The molecule has 0 aromatic rings. The molecule has 1 saturated carbocycles. The lowest BCUT2D eigenvalue weighted by Crippen LogP contribution is -2.58. The molecular formula is C18H35N3O2. The molecule has 1 unspecified atom stereocenters. The first-order valence-electron chi connectivity index (χ1n) is 9.49. The molecular weight excluding hydrogens is 290 g/mol. The summed E-state index contributed by atoms with van der Waals surface area (Å²) in [6.45, 7) is 8.72. The Morgan fingerprint density at radius 2 is 1.78 bits per heavy atom. The molecule has 0 radical (unpaired) electrons. The molecule has 1 aliphatic carbocycles. The summed E-state index contributed by atoms with van der Waals surface area (Å²) in [5.74, 6) is 0.662. The van der Waals surface area contributed by atoms with Gasteiger partial charge in [0, 0.05) is 25.7 Å². The molecule has 2 aliphatic rings. The number of carbonyl (C=O) groups is 1. The van der Waals surface area contributed by atoms with Crippen LogP contribution in [0.5, 0.6) is 0 Å². The predicted molar refractivity (Wildman–Crippen MR) is 93.3 cm³/mol. The van der Waals surface area contributed by atoms with E-state index in [9.17, 15) is 4.79 Å². The Bertz CT molecular complexity index is 359. The summed E-state index contributed by atoms with van der Waals surface area (Å²) in [6.07, 6.45) is 7.28. The van der Waals surface area contributed by atoms with Crippen molar-refractivity contribution in [3.05, 3.63) is 0 Å². The summed E-state index contributed by atoms with van der Waals surface area (Å²) in [6, 6.07) is 0.394. The van der Waals surface area contributed by atoms with Crippen molar-refractivity contribution in [1.82, 2.24) is 10.2 Å². The molecule has 1 aliphatic heterocycles. The Morgan fingerprint density at radius 3 is 2.35 bits per heavy atom. The van der Waals surface area contributed by atoms with Crippen LogP contribution in [0, 0.1) is 5.92 Å². The molecule has 0 aromatic carbocycles. The van der Waals surface area contributed by atoms with E-state index < -0.39 is 5.54 Å². The van der Waals surface area contributed by atoms with Crippen molar-refractivity contribution in [3.63, 3.8) is 0 Å². The SMILES string of the molecule is CCC(CC)C(CNC(=O)C1(N)CCCCC1)N1CCOCC1. The first kappa shape index (κ1) is 18.7. The summed E-state index contributed by atoms with van der Waals surface area (Å²) in [4.78, 5) is 15.1. The van der Waals surface area contributed by atoms with Crippen LogP contribution >= 0.6 is 0 Å². The second-order valence-corrected chi connectivity index (χ2v) is 7.22. The normalized spacial score (nSPS) is 23.7. The van der Waals surface area contributed by atoms with E-state index in [4.69, 9.17) is 10.5 Å². The number of hydrogen-bond donors (Lipinski definition) is 2. The van der Waals surface area contributed by atoms with Crippen LogP contribution in [0.3, 0.4) is 0 Å². The van der Waals surface area contributed by atoms with E-state index >= 15 is 0 Å². The number of ether oxygens (including phenoxy) is 1. The zero-order chi connectivity index (χ0) is 16.7. The monoisotopic (exact) mass is 325 g/mol. The van der Waals surface area contributed by atoms with E-state index in [1.807, 2.05) is 0 Å². The van der Waals surface area contributed by atoms with Crippen LogP contribution in [-0.4, -0.2) is 55.2 Å². The predicted octanol–water partition coefficient (Wildman–Crippen LogP) is 1.90. The number of nitrogens with zero attached hydrogens (tertiary/aromatic N) is 1. The Morgan fingerprint density at radius 1 is 1.17 bits per heavy atom. The Labute approximate surface area is 141 Å². The fourth-order valence-electron chi connectivity index (χ4n) is 4.12. The van der Waals surface area contributed by atoms with Gasteiger partial charge in [-0.1, -0.05) is 46.0 Å². The zero-order valence-corrected chi connectivity index (χ0v) is 15.0. The third-order valence-corrected chi connectivity index (χ3v) is 5.78. The second kappa shape index (κ2) is 9.00. The maximum atomic E-state index is 12.6. The van der Waals surface area contributed by atoms with E-state index in [-0.39, 0.29) is 5.91 Å². The van der Waals surface area contributed by atoms with Gasteiger partial charge in [-0.2, -0.15) is 0 Å². The molecule has 2 fully saturated rings. The van der Waals surface area contributed by atoms with E-state index in [2.05, 4.69) is 24.1 Å². The molecule has 0 spiro atoms. The van der Waals surface area contributed by atoms with Gasteiger partial charge in [-0.3, -0.25) is 9.69 Å². The van der Waals surface area contributed by atoms with Crippen molar-refractivity contribution < 1.29 is 9.53 Å². The highest BCUT2D eigenvalue weighted by Gasteiger charge is 2.36. The topological polar surface area (TPSA) is 67.6 Å².